The first kappa shape index (κ1) is 22.7. The molecule has 13 heteroatoms. The molecule has 0 spiro atoms. The van der Waals surface area contributed by atoms with Gasteiger partial charge in [0.05, 0.1) is 23.0 Å². The van der Waals surface area contributed by atoms with Crippen LogP contribution in [0, 0.1) is 0 Å². The zero-order chi connectivity index (χ0) is 23.8. The Morgan fingerprint density at radius 2 is 1.91 bits per heavy atom. The summed E-state index contributed by atoms with van der Waals surface area (Å²) in [5, 5.41) is 9.70. The fraction of sp³-hybridized carbons (Fsp3) is 0.429. The largest absolute Gasteiger partial charge is 0.362 e. The molecule has 2 aliphatic heterocycles. The molecule has 0 N–H and O–H groups in total. The van der Waals surface area contributed by atoms with Gasteiger partial charge in [0.2, 0.25) is 5.91 Å². The van der Waals surface area contributed by atoms with Gasteiger partial charge in [-0.15, -0.1) is 5.10 Å². The van der Waals surface area contributed by atoms with Crippen molar-refractivity contribution in [3.63, 3.8) is 0 Å². The van der Waals surface area contributed by atoms with Crippen LogP contribution in [-0.2, 0) is 25.7 Å². The molecule has 2 saturated heterocycles. The van der Waals surface area contributed by atoms with E-state index in [1.54, 1.807) is 24.5 Å². The van der Waals surface area contributed by atoms with Crippen LogP contribution in [0.1, 0.15) is 18.7 Å². The molecule has 0 aliphatic carbocycles. The first-order chi connectivity index (χ1) is 16.4. The van der Waals surface area contributed by atoms with Gasteiger partial charge in [-0.25, -0.2) is 9.67 Å². The third-order valence-corrected chi connectivity index (χ3v) is 7.20. The Morgan fingerprint density at radius 1 is 1.18 bits per heavy atom. The van der Waals surface area contributed by atoms with Gasteiger partial charge < -0.3 is 14.5 Å². The van der Waals surface area contributed by atoms with E-state index in [0.717, 1.165) is 20.2 Å². The lowest BCUT2D eigenvalue weighted by atomic mass is 10.2. The molecular weight excluding hydrogens is 482 g/mol. The average molecular weight is 504 g/mol. The summed E-state index contributed by atoms with van der Waals surface area (Å²) in [6, 6.07) is 5.10. The summed E-state index contributed by atoms with van der Waals surface area (Å²) in [6.07, 6.45) is 1.60. The number of rotatable bonds is 5. The number of imide groups is 1. The van der Waals surface area contributed by atoms with Crippen LogP contribution in [-0.4, -0.2) is 86.9 Å². The molecule has 0 radical (unpaired) electrons. The topological polar surface area (TPSA) is 114 Å². The maximum absolute atomic E-state index is 13.1. The number of anilines is 1. The molecule has 2 aliphatic rings. The average Bonchev–Trinajstić information content (AvgIpc) is 3.47. The second-order valence-electron chi connectivity index (χ2n) is 8.15. The number of ether oxygens (including phenoxy) is 1. The first-order valence-electron chi connectivity index (χ1n) is 10.8. The van der Waals surface area contributed by atoms with Crippen LogP contribution < -0.4 is 4.90 Å². The van der Waals surface area contributed by atoms with Gasteiger partial charge >= 0.3 is 0 Å². The van der Waals surface area contributed by atoms with Gasteiger partial charge in [-0.2, -0.15) is 0 Å². The number of hydrogen-bond acceptors (Lipinski definition) is 9. The Hall–Kier alpha value is -3.09. The number of carbonyl (C=O) groups is 3. The number of morpholine rings is 1. The maximum Gasteiger partial charge on any atom is 0.255 e. The quantitative estimate of drug-likeness (QED) is 0.479. The highest BCUT2D eigenvalue weighted by Gasteiger charge is 2.30. The highest BCUT2D eigenvalue weighted by Crippen LogP contribution is 2.31. The van der Waals surface area contributed by atoms with Gasteiger partial charge in [-0.05, 0) is 25.1 Å². The number of aromatic nitrogens is 4. The zero-order valence-electron chi connectivity index (χ0n) is 18.4. The summed E-state index contributed by atoms with van der Waals surface area (Å²) < 4.78 is 7.42. The highest BCUT2D eigenvalue weighted by molar-refractivity contribution is 7.22. The van der Waals surface area contributed by atoms with Crippen molar-refractivity contribution in [1.82, 2.24) is 29.8 Å². The number of benzene rings is 1. The van der Waals surface area contributed by atoms with Crippen molar-refractivity contribution >= 4 is 56.0 Å². The van der Waals surface area contributed by atoms with Gasteiger partial charge in [0.15, 0.2) is 5.13 Å². The molecule has 3 aromatic rings. The third kappa shape index (κ3) is 4.48. The van der Waals surface area contributed by atoms with Gasteiger partial charge in [0.25, 0.3) is 11.8 Å². The molecule has 1 aromatic carbocycles. The predicted octanol–water partition coefficient (Wildman–Crippen LogP) is 1.34. The molecule has 1 atom stereocenters. The fourth-order valence-electron chi connectivity index (χ4n) is 3.95. The second-order valence-corrected chi connectivity index (χ2v) is 9.60. The van der Waals surface area contributed by atoms with Crippen LogP contribution in [0.3, 0.4) is 0 Å². The smallest absolute Gasteiger partial charge is 0.255 e. The Morgan fingerprint density at radius 3 is 2.65 bits per heavy atom. The van der Waals surface area contributed by atoms with Gasteiger partial charge in [-0.1, -0.05) is 28.2 Å². The minimum atomic E-state index is -0.562. The predicted molar refractivity (Wildman–Crippen MR) is 125 cm³/mol. The lowest BCUT2D eigenvalue weighted by Gasteiger charge is -2.35. The number of fused-ring (bicyclic) bond motifs is 1. The third-order valence-electron chi connectivity index (χ3n) is 5.89. The van der Waals surface area contributed by atoms with Crippen molar-refractivity contribution in [2.75, 3.05) is 44.3 Å². The van der Waals surface area contributed by atoms with Crippen molar-refractivity contribution in [1.29, 1.82) is 0 Å². The Bertz CT molecular complexity index is 1240. The van der Waals surface area contributed by atoms with E-state index < -0.39 is 17.9 Å². The number of hydrogen-bond donors (Lipinski definition) is 0. The summed E-state index contributed by atoms with van der Waals surface area (Å²) in [7, 11) is 0. The molecule has 11 nitrogen and oxygen atoms in total. The number of amides is 3. The minimum absolute atomic E-state index is 0.00793. The molecular formula is C21H22ClN7O4S. The van der Waals surface area contributed by atoms with Crippen LogP contribution in [0.15, 0.2) is 24.4 Å². The highest BCUT2D eigenvalue weighted by atomic mass is 35.5. The summed E-state index contributed by atoms with van der Waals surface area (Å²) in [6.45, 7) is 3.99. The fourth-order valence-corrected chi connectivity index (χ4v) is 5.24. The number of piperazine rings is 1. The van der Waals surface area contributed by atoms with Crippen LogP contribution in [0.5, 0.6) is 0 Å². The Balaban J connectivity index is 1.19. The molecule has 0 bridgehead atoms. The number of halogens is 1. The SMILES string of the molecule is CC(C(=O)N1CCN(c2nc3ccc(Cl)cc3s2)CC1)n1cc(CN2C(=O)COCC2=O)nn1. The molecule has 178 valence electrons. The van der Waals surface area contributed by atoms with E-state index in [1.807, 2.05) is 23.1 Å². The zero-order valence-corrected chi connectivity index (χ0v) is 20.0. The summed E-state index contributed by atoms with van der Waals surface area (Å²) >= 11 is 7.68. The molecule has 3 amide bonds. The first-order valence-corrected chi connectivity index (χ1v) is 12.0. The van der Waals surface area contributed by atoms with E-state index >= 15 is 0 Å². The van der Waals surface area contributed by atoms with Crippen LogP contribution >= 0.6 is 22.9 Å². The van der Waals surface area contributed by atoms with Crippen molar-refractivity contribution in [2.45, 2.75) is 19.5 Å². The molecule has 5 rings (SSSR count). The van der Waals surface area contributed by atoms with Crippen molar-refractivity contribution in [3.05, 3.63) is 35.1 Å². The minimum Gasteiger partial charge on any atom is -0.362 e. The number of carbonyl (C=O) groups excluding carboxylic acids is 3. The Labute approximate surface area is 203 Å². The van der Waals surface area contributed by atoms with E-state index in [2.05, 4.69) is 15.2 Å². The maximum atomic E-state index is 13.1. The Kier molecular flexibility index (Phi) is 6.19. The molecule has 4 heterocycles. The van der Waals surface area contributed by atoms with Crippen LogP contribution in [0.2, 0.25) is 5.02 Å². The standard InChI is InChI=1S/C21H22ClN7O4S/c1-13(29-10-15(24-25-29)9-28-18(30)11-33-12-19(28)31)20(32)26-4-6-27(7-5-26)21-23-16-3-2-14(22)8-17(16)34-21/h2-3,8,10,13H,4-7,9,11-12H2,1H3. The van der Waals surface area contributed by atoms with Crippen LogP contribution in [0.25, 0.3) is 10.2 Å². The van der Waals surface area contributed by atoms with E-state index in [0.29, 0.717) is 36.9 Å². The van der Waals surface area contributed by atoms with Crippen LogP contribution in [0.4, 0.5) is 5.13 Å². The van der Waals surface area contributed by atoms with Crippen molar-refractivity contribution < 1.29 is 19.1 Å². The normalized spacial score (nSPS) is 18.1. The lowest BCUT2D eigenvalue weighted by Crippen LogP contribution is -2.50. The van der Waals surface area contributed by atoms with E-state index in [9.17, 15) is 14.4 Å². The molecule has 1 unspecified atom stereocenters. The van der Waals surface area contributed by atoms with Gasteiger partial charge in [0, 0.05) is 31.2 Å². The molecule has 2 fully saturated rings. The van der Waals surface area contributed by atoms with Crippen molar-refractivity contribution in [3.8, 4) is 0 Å². The number of thiazole rings is 1. The van der Waals surface area contributed by atoms with E-state index in [4.69, 9.17) is 21.3 Å². The lowest BCUT2D eigenvalue weighted by molar-refractivity contribution is -0.159. The van der Waals surface area contributed by atoms with E-state index in [1.165, 1.54) is 4.68 Å². The monoisotopic (exact) mass is 503 g/mol. The van der Waals surface area contributed by atoms with E-state index in [-0.39, 0.29) is 25.7 Å². The molecule has 0 saturated carbocycles. The number of nitrogens with zero attached hydrogens (tertiary/aromatic N) is 7. The summed E-state index contributed by atoms with van der Waals surface area (Å²) in [5.41, 5.74) is 1.35. The summed E-state index contributed by atoms with van der Waals surface area (Å²) in [5.74, 6) is -0.890. The summed E-state index contributed by atoms with van der Waals surface area (Å²) in [4.78, 5) is 46.7. The molecule has 34 heavy (non-hydrogen) atoms. The van der Waals surface area contributed by atoms with Gasteiger partial charge in [0.1, 0.15) is 24.9 Å². The van der Waals surface area contributed by atoms with Gasteiger partial charge in [-0.3, -0.25) is 19.3 Å². The second kappa shape index (κ2) is 9.28. The molecule has 2 aromatic heterocycles. The van der Waals surface area contributed by atoms with Crippen molar-refractivity contribution in [2.24, 2.45) is 0 Å².